The lowest BCUT2D eigenvalue weighted by atomic mass is 10.1. The molecular weight excluding hydrogens is 356 g/mol. The molecule has 28 heavy (non-hydrogen) atoms. The number of nitrogens with one attached hydrogen (secondary N) is 1. The van der Waals surface area contributed by atoms with E-state index in [1.165, 1.54) is 0 Å². The van der Waals surface area contributed by atoms with E-state index < -0.39 is 5.97 Å². The highest BCUT2D eigenvalue weighted by Gasteiger charge is 2.19. The van der Waals surface area contributed by atoms with Crippen LogP contribution in [-0.4, -0.2) is 41.9 Å². The third-order valence-electron chi connectivity index (χ3n) is 4.17. The number of carbonyl (C=O) groups is 3. The van der Waals surface area contributed by atoms with Crippen LogP contribution in [0.2, 0.25) is 0 Å². The Morgan fingerprint density at radius 1 is 1.04 bits per heavy atom. The summed E-state index contributed by atoms with van der Waals surface area (Å²) in [4.78, 5) is 38.0. The molecule has 2 aromatic rings. The molecule has 0 unspecified atom stereocenters. The number of hydrogen-bond donors (Lipinski definition) is 1. The zero-order valence-corrected chi connectivity index (χ0v) is 16.5. The van der Waals surface area contributed by atoms with Crippen LogP contribution in [0.3, 0.4) is 0 Å². The van der Waals surface area contributed by atoms with Crippen molar-refractivity contribution in [2.45, 2.75) is 33.4 Å². The van der Waals surface area contributed by atoms with E-state index in [1.54, 1.807) is 23.1 Å². The van der Waals surface area contributed by atoms with Gasteiger partial charge in [0.25, 0.3) is 11.8 Å². The second kappa shape index (κ2) is 10.3. The Morgan fingerprint density at radius 2 is 1.75 bits per heavy atom. The Bertz CT molecular complexity index is 818. The summed E-state index contributed by atoms with van der Waals surface area (Å²) in [5.41, 5.74) is 2.42. The van der Waals surface area contributed by atoms with Crippen LogP contribution >= 0.6 is 0 Å². The van der Waals surface area contributed by atoms with Gasteiger partial charge in [-0.15, -0.1) is 0 Å². The van der Waals surface area contributed by atoms with Crippen LogP contribution in [0.4, 0.5) is 0 Å². The number of aryl methyl sites for hydroxylation is 1. The predicted molar refractivity (Wildman–Crippen MR) is 107 cm³/mol. The first-order valence-electron chi connectivity index (χ1n) is 9.20. The van der Waals surface area contributed by atoms with Gasteiger partial charge >= 0.3 is 5.97 Å². The molecule has 6 heteroatoms. The summed E-state index contributed by atoms with van der Waals surface area (Å²) in [5.74, 6) is -1.30. The third kappa shape index (κ3) is 6.54. The molecular formula is C22H26N2O4. The molecule has 2 aromatic carbocycles. The van der Waals surface area contributed by atoms with Crippen molar-refractivity contribution in [1.82, 2.24) is 10.2 Å². The van der Waals surface area contributed by atoms with E-state index in [0.717, 1.165) is 11.1 Å². The largest absolute Gasteiger partial charge is 0.454 e. The Morgan fingerprint density at radius 3 is 2.39 bits per heavy atom. The standard InChI is InChI=1S/C22H26N2O4/c1-16(2)24(14-18-9-5-4-6-10-18)20(25)15-28-21(26)13-23-22(27)19-11-7-8-17(3)12-19/h4-12,16H,13-15H2,1-3H3,(H,23,27). The molecule has 1 N–H and O–H groups in total. The monoisotopic (exact) mass is 382 g/mol. The Labute approximate surface area is 165 Å². The minimum Gasteiger partial charge on any atom is -0.454 e. The molecule has 0 fully saturated rings. The van der Waals surface area contributed by atoms with Crippen molar-refractivity contribution in [3.63, 3.8) is 0 Å². The number of nitrogens with zero attached hydrogens (tertiary/aromatic N) is 1. The number of amides is 2. The summed E-state index contributed by atoms with van der Waals surface area (Å²) < 4.78 is 5.04. The summed E-state index contributed by atoms with van der Waals surface area (Å²) in [6.07, 6.45) is 0. The van der Waals surface area contributed by atoms with E-state index in [4.69, 9.17) is 4.74 Å². The number of benzene rings is 2. The van der Waals surface area contributed by atoms with Gasteiger partial charge in [-0.2, -0.15) is 0 Å². The Hall–Kier alpha value is -3.15. The Kier molecular flexibility index (Phi) is 7.75. The summed E-state index contributed by atoms with van der Waals surface area (Å²) in [6, 6.07) is 16.6. The molecule has 0 aliphatic rings. The van der Waals surface area contributed by atoms with Gasteiger partial charge in [-0.3, -0.25) is 14.4 Å². The van der Waals surface area contributed by atoms with Gasteiger partial charge in [0, 0.05) is 18.2 Å². The topological polar surface area (TPSA) is 75.7 Å². The van der Waals surface area contributed by atoms with Gasteiger partial charge in [0.1, 0.15) is 6.54 Å². The molecule has 0 aromatic heterocycles. The fraction of sp³-hybridized carbons (Fsp3) is 0.318. The highest BCUT2D eigenvalue weighted by Crippen LogP contribution is 2.09. The molecule has 0 aliphatic heterocycles. The maximum absolute atomic E-state index is 12.5. The molecule has 2 rings (SSSR count). The molecule has 0 saturated carbocycles. The summed E-state index contributed by atoms with van der Waals surface area (Å²) in [6.45, 7) is 5.49. The van der Waals surface area contributed by atoms with Gasteiger partial charge in [-0.1, -0.05) is 48.0 Å². The van der Waals surface area contributed by atoms with E-state index in [9.17, 15) is 14.4 Å². The van der Waals surface area contributed by atoms with Gasteiger partial charge in [-0.05, 0) is 38.5 Å². The van der Waals surface area contributed by atoms with E-state index in [-0.39, 0.29) is 31.0 Å². The molecule has 0 bridgehead atoms. The molecule has 0 atom stereocenters. The van der Waals surface area contributed by atoms with Gasteiger partial charge < -0.3 is 15.0 Å². The fourth-order valence-electron chi connectivity index (χ4n) is 2.66. The van der Waals surface area contributed by atoms with E-state index >= 15 is 0 Å². The highest BCUT2D eigenvalue weighted by molar-refractivity contribution is 5.96. The van der Waals surface area contributed by atoms with Crippen LogP contribution in [-0.2, 0) is 20.9 Å². The lowest BCUT2D eigenvalue weighted by Crippen LogP contribution is -2.40. The smallest absolute Gasteiger partial charge is 0.325 e. The van der Waals surface area contributed by atoms with Crippen LogP contribution in [0, 0.1) is 6.92 Å². The van der Waals surface area contributed by atoms with Crippen LogP contribution in [0.1, 0.15) is 35.3 Å². The SMILES string of the molecule is Cc1cccc(C(=O)NCC(=O)OCC(=O)N(Cc2ccccc2)C(C)C)c1. The van der Waals surface area contributed by atoms with Crippen molar-refractivity contribution in [3.05, 3.63) is 71.3 Å². The molecule has 0 saturated heterocycles. The van der Waals surface area contributed by atoms with E-state index in [1.807, 2.05) is 57.2 Å². The molecule has 0 radical (unpaired) electrons. The molecule has 6 nitrogen and oxygen atoms in total. The van der Waals surface area contributed by atoms with Crippen molar-refractivity contribution < 1.29 is 19.1 Å². The van der Waals surface area contributed by atoms with Crippen LogP contribution in [0.25, 0.3) is 0 Å². The predicted octanol–water partition coefficient (Wildman–Crippen LogP) is 2.71. The second-order valence-corrected chi connectivity index (χ2v) is 6.81. The maximum Gasteiger partial charge on any atom is 0.325 e. The number of ether oxygens (including phenoxy) is 1. The molecule has 0 heterocycles. The lowest BCUT2D eigenvalue weighted by molar-refractivity contribution is -0.152. The maximum atomic E-state index is 12.5. The van der Waals surface area contributed by atoms with Crippen molar-refractivity contribution in [3.8, 4) is 0 Å². The minimum atomic E-state index is -0.655. The van der Waals surface area contributed by atoms with Gasteiger partial charge in [-0.25, -0.2) is 0 Å². The first-order valence-corrected chi connectivity index (χ1v) is 9.20. The van der Waals surface area contributed by atoms with Crippen LogP contribution in [0.5, 0.6) is 0 Å². The van der Waals surface area contributed by atoms with Crippen molar-refractivity contribution in [2.75, 3.05) is 13.2 Å². The normalized spacial score (nSPS) is 10.4. The van der Waals surface area contributed by atoms with E-state index in [2.05, 4.69) is 5.32 Å². The van der Waals surface area contributed by atoms with Crippen LogP contribution in [0.15, 0.2) is 54.6 Å². The number of esters is 1. The molecule has 0 aliphatic carbocycles. The second-order valence-electron chi connectivity index (χ2n) is 6.81. The van der Waals surface area contributed by atoms with Gasteiger partial charge in [0.05, 0.1) is 0 Å². The Balaban J connectivity index is 1.81. The summed E-state index contributed by atoms with van der Waals surface area (Å²) in [7, 11) is 0. The van der Waals surface area contributed by atoms with Crippen molar-refractivity contribution in [1.29, 1.82) is 0 Å². The first kappa shape index (κ1) is 21.2. The van der Waals surface area contributed by atoms with Crippen molar-refractivity contribution in [2.24, 2.45) is 0 Å². The fourth-order valence-corrected chi connectivity index (χ4v) is 2.66. The van der Waals surface area contributed by atoms with Gasteiger partial charge in [0.2, 0.25) is 0 Å². The molecule has 148 valence electrons. The average molecular weight is 382 g/mol. The number of rotatable bonds is 8. The molecule has 2 amide bonds. The minimum absolute atomic E-state index is 0.0348. The highest BCUT2D eigenvalue weighted by atomic mass is 16.5. The first-order chi connectivity index (χ1) is 13.4. The zero-order chi connectivity index (χ0) is 20.5. The quantitative estimate of drug-likeness (QED) is 0.713. The van der Waals surface area contributed by atoms with E-state index in [0.29, 0.717) is 12.1 Å². The van der Waals surface area contributed by atoms with Crippen LogP contribution < -0.4 is 5.32 Å². The van der Waals surface area contributed by atoms with Gasteiger partial charge in [0.15, 0.2) is 6.61 Å². The molecule has 0 spiro atoms. The average Bonchev–Trinajstić information content (AvgIpc) is 2.69. The number of carbonyl (C=O) groups excluding carboxylic acids is 3. The van der Waals surface area contributed by atoms with Crippen molar-refractivity contribution >= 4 is 17.8 Å². The lowest BCUT2D eigenvalue weighted by Gasteiger charge is -2.26. The summed E-state index contributed by atoms with van der Waals surface area (Å²) >= 11 is 0. The zero-order valence-electron chi connectivity index (χ0n) is 16.5. The summed E-state index contributed by atoms with van der Waals surface area (Å²) in [5, 5.41) is 2.50. The number of hydrogen-bond acceptors (Lipinski definition) is 4. The third-order valence-corrected chi connectivity index (χ3v) is 4.17.